The summed E-state index contributed by atoms with van der Waals surface area (Å²) in [7, 11) is 1.63. The topological polar surface area (TPSA) is 64.3 Å². The summed E-state index contributed by atoms with van der Waals surface area (Å²) in [5.74, 6) is 0.120. The molecule has 0 aliphatic carbocycles. The van der Waals surface area contributed by atoms with Gasteiger partial charge in [-0.25, -0.2) is 0 Å². The van der Waals surface area contributed by atoms with Crippen molar-refractivity contribution in [1.82, 2.24) is 0 Å². The molecule has 0 bridgehead atoms. The van der Waals surface area contributed by atoms with Crippen LogP contribution in [0.4, 0.5) is 11.4 Å². The Kier molecular flexibility index (Phi) is 4.25. The highest BCUT2D eigenvalue weighted by molar-refractivity contribution is 5.82. The number of hydrogen-bond acceptors (Lipinski definition) is 3. The third-order valence-electron chi connectivity index (χ3n) is 3.20. The summed E-state index contributed by atoms with van der Waals surface area (Å²) in [6.07, 6.45) is 0. The van der Waals surface area contributed by atoms with Gasteiger partial charge < -0.3 is 15.8 Å². The average Bonchev–Trinajstić information content (AvgIpc) is 2.47. The van der Waals surface area contributed by atoms with Crippen molar-refractivity contribution in [2.75, 3.05) is 12.4 Å². The molecule has 0 radical (unpaired) electrons. The van der Waals surface area contributed by atoms with Gasteiger partial charge in [0.25, 0.3) is 0 Å². The molecule has 4 nitrogen and oxygen atoms in total. The number of benzene rings is 2. The molecule has 0 saturated carbocycles. The standard InChI is InChI=1S/C16H18N2O2/c1-11(16(17)19)12-6-5-7-13(10-12)18-14-8-3-4-9-15(14)20-2/h3-11,18H,1-2H3,(H2,17,19). The molecule has 0 heterocycles. The quantitative estimate of drug-likeness (QED) is 0.877. The minimum Gasteiger partial charge on any atom is -0.495 e. The van der Waals surface area contributed by atoms with E-state index in [-0.39, 0.29) is 11.8 Å². The summed E-state index contributed by atoms with van der Waals surface area (Å²) >= 11 is 0. The SMILES string of the molecule is COc1ccccc1Nc1cccc(C(C)C(N)=O)c1. The molecule has 1 unspecified atom stereocenters. The number of para-hydroxylation sites is 2. The van der Waals surface area contributed by atoms with Gasteiger partial charge in [0.2, 0.25) is 5.91 Å². The number of nitrogens with one attached hydrogen (secondary N) is 1. The molecular formula is C16H18N2O2. The smallest absolute Gasteiger partial charge is 0.224 e. The number of anilines is 2. The van der Waals surface area contributed by atoms with Crippen molar-refractivity contribution in [3.63, 3.8) is 0 Å². The Labute approximate surface area is 118 Å². The van der Waals surface area contributed by atoms with Crippen LogP contribution in [-0.2, 0) is 4.79 Å². The molecule has 0 saturated heterocycles. The Morgan fingerprint density at radius 1 is 1.20 bits per heavy atom. The minimum absolute atomic E-state index is 0.311. The number of carbonyl (C=O) groups is 1. The number of primary amides is 1. The first-order valence-electron chi connectivity index (χ1n) is 6.41. The molecule has 2 rings (SSSR count). The van der Waals surface area contributed by atoms with Crippen LogP contribution in [-0.4, -0.2) is 13.0 Å². The van der Waals surface area contributed by atoms with Crippen molar-refractivity contribution in [3.05, 3.63) is 54.1 Å². The van der Waals surface area contributed by atoms with E-state index >= 15 is 0 Å². The maximum absolute atomic E-state index is 11.3. The van der Waals surface area contributed by atoms with E-state index in [0.717, 1.165) is 22.7 Å². The summed E-state index contributed by atoms with van der Waals surface area (Å²) in [4.78, 5) is 11.3. The summed E-state index contributed by atoms with van der Waals surface area (Å²) < 4.78 is 5.30. The van der Waals surface area contributed by atoms with E-state index in [1.165, 1.54) is 0 Å². The van der Waals surface area contributed by atoms with Crippen LogP contribution in [0.2, 0.25) is 0 Å². The highest BCUT2D eigenvalue weighted by atomic mass is 16.5. The molecular weight excluding hydrogens is 252 g/mol. The predicted octanol–water partition coefficient (Wildman–Crippen LogP) is 3.03. The van der Waals surface area contributed by atoms with Gasteiger partial charge >= 0.3 is 0 Å². The first-order valence-corrected chi connectivity index (χ1v) is 6.41. The van der Waals surface area contributed by atoms with Crippen molar-refractivity contribution >= 4 is 17.3 Å². The summed E-state index contributed by atoms with van der Waals surface area (Å²) in [5.41, 5.74) is 7.99. The van der Waals surface area contributed by atoms with Crippen LogP contribution in [0.3, 0.4) is 0 Å². The molecule has 4 heteroatoms. The predicted molar refractivity (Wildman–Crippen MR) is 80.3 cm³/mol. The van der Waals surface area contributed by atoms with E-state index in [9.17, 15) is 4.79 Å². The van der Waals surface area contributed by atoms with E-state index in [0.29, 0.717) is 0 Å². The first kappa shape index (κ1) is 13.9. The lowest BCUT2D eigenvalue weighted by Crippen LogP contribution is -2.18. The number of amides is 1. The van der Waals surface area contributed by atoms with Gasteiger partial charge in [0.15, 0.2) is 0 Å². The molecule has 2 aromatic carbocycles. The van der Waals surface area contributed by atoms with Gasteiger partial charge in [-0.3, -0.25) is 4.79 Å². The molecule has 0 spiro atoms. The lowest BCUT2D eigenvalue weighted by atomic mass is 10.0. The zero-order valence-corrected chi connectivity index (χ0v) is 11.6. The number of nitrogens with two attached hydrogens (primary N) is 1. The largest absolute Gasteiger partial charge is 0.495 e. The Balaban J connectivity index is 2.26. The molecule has 0 aliphatic heterocycles. The Bertz CT molecular complexity index is 611. The normalized spacial score (nSPS) is 11.7. The van der Waals surface area contributed by atoms with Gasteiger partial charge in [0, 0.05) is 5.69 Å². The number of hydrogen-bond donors (Lipinski definition) is 2. The highest BCUT2D eigenvalue weighted by Gasteiger charge is 2.12. The fourth-order valence-corrected chi connectivity index (χ4v) is 1.95. The second-order valence-corrected chi connectivity index (χ2v) is 4.57. The van der Waals surface area contributed by atoms with Crippen LogP contribution in [0, 0.1) is 0 Å². The van der Waals surface area contributed by atoms with Gasteiger partial charge in [-0.1, -0.05) is 24.3 Å². The number of ether oxygens (including phenoxy) is 1. The number of carbonyl (C=O) groups excluding carboxylic acids is 1. The first-order chi connectivity index (χ1) is 9.61. The average molecular weight is 270 g/mol. The van der Waals surface area contributed by atoms with Crippen LogP contribution < -0.4 is 15.8 Å². The molecule has 20 heavy (non-hydrogen) atoms. The van der Waals surface area contributed by atoms with E-state index in [1.54, 1.807) is 14.0 Å². The van der Waals surface area contributed by atoms with E-state index in [4.69, 9.17) is 10.5 Å². The zero-order valence-electron chi connectivity index (χ0n) is 11.6. The fourth-order valence-electron chi connectivity index (χ4n) is 1.95. The van der Waals surface area contributed by atoms with Crippen LogP contribution in [0.1, 0.15) is 18.4 Å². The van der Waals surface area contributed by atoms with Crippen LogP contribution >= 0.6 is 0 Å². The van der Waals surface area contributed by atoms with Crippen molar-refractivity contribution < 1.29 is 9.53 Å². The van der Waals surface area contributed by atoms with Gasteiger partial charge in [-0.05, 0) is 36.8 Å². The summed E-state index contributed by atoms with van der Waals surface area (Å²) in [6, 6.07) is 15.3. The fraction of sp³-hybridized carbons (Fsp3) is 0.188. The lowest BCUT2D eigenvalue weighted by Gasteiger charge is -2.13. The molecule has 0 fully saturated rings. The number of rotatable bonds is 5. The molecule has 0 aromatic heterocycles. The van der Waals surface area contributed by atoms with Crippen LogP contribution in [0.25, 0.3) is 0 Å². The second kappa shape index (κ2) is 6.10. The van der Waals surface area contributed by atoms with Gasteiger partial charge in [-0.15, -0.1) is 0 Å². The summed E-state index contributed by atoms with van der Waals surface area (Å²) in [5, 5.41) is 3.28. The molecule has 104 valence electrons. The molecule has 2 aromatic rings. The van der Waals surface area contributed by atoms with Crippen molar-refractivity contribution in [2.45, 2.75) is 12.8 Å². The molecule has 0 aliphatic rings. The Morgan fingerprint density at radius 2 is 1.95 bits per heavy atom. The van der Waals surface area contributed by atoms with E-state index in [2.05, 4.69) is 5.32 Å². The van der Waals surface area contributed by atoms with Crippen LogP contribution in [0.15, 0.2) is 48.5 Å². The van der Waals surface area contributed by atoms with E-state index < -0.39 is 0 Å². The highest BCUT2D eigenvalue weighted by Crippen LogP contribution is 2.28. The van der Waals surface area contributed by atoms with Crippen molar-refractivity contribution in [2.24, 2.45) is 5.73 Å². The van der Waals surface area contributed by atoms with Gasteiger partial charge in [0.05, 0.1) is 18.7 Å². The van der Waals surface area contributed by atoms with Gasteiger partial charge in [-0.2, -0.15) is 0 Å². The third kappa shape index (κ3) is 3.09. The molecule has 1 atom stereocenters. The zero-order chi connectivity index (χ0) is 14.5. The second-order valence-electron chi connectivity index (χ2n) is 4.57. The van der Waals surface area contributed by atoms with Crippen molar-refractivity contribution in [3.8, 4) is 5.75 Å². The monoisotopic (exact) mass is 270 g/mol. The lowest BCUT2D eigenvalue weighted by molar-refractivity contribution is -0.119. The van der Waals surface area contributed by atoms with Gasteiger partial charge in [0.1, 0.15) is 5.75 Å². The molecule has 3 N–H and O–H groups in total. The minimum atomic E-state index is -0.334. The van der Waals surface area contributed by atoms with E-state index in [1.807, 2.05) is 48.5 Å². The molecule has 1 amide bonds. The number of methoxy groups -OCH3 is 1. The Morgan fingerprint density at radius 3 is 2.65 bits per heavy atom. The maximum Gasteiger partial charge on any atom is 0.224 e. The maximum atomic E-state index is 11.3. The third-order valence-corrected chi connectivity index (χ3v) is 3.20. The summed E-state index contributed by atoms with van der Waals surface area (Å²) in [6.45, 7) is 1.80. The van der Waals surface area contributed by atoms with Crippen LogP contribution in [0.5, 0.6) is 5.75 Å². The Hall–Kier alpha value is -2.49. The van der Waals surface area contributed by atoms with Crippen molar-refractivity contribution in [1.29, 1.82) is 0 Å².